The molecule has 13 heteroatoms. The molecule has 1 saturated heterocycles. The van der Waals surface area contributed by atoms with Crippen LogP contribution in [0, 0.1) is 0 Å². The Morgan fingerprint density at radius 1 is 1.14 bits per heavy atom. The van der Waals surface area contributed by atoms with Crippen LogP contribution in [0.1, 0.15) is 29.8 Å². The molecule has 8 nitrogen and oxygen atoms in total. The highest BCUT2D eigenvalue weighted by molar-refractivity contribution is 7.89. The van der Waals surface area contributed by atoms with Gasteiger partial charge in [-0.25, -0.2) is 13.2 Å². The quantitative estimate of drug-likeness (QED) is 0.563. The topological polar surface area (TPSA) is 102 Å². The van der Waals surface area contributed by atoms with Gasteiger partial charge in [-0.15, -0.1) is 0 Å². The van der Waals surface area contributed by atoms with Gasteiger partial charge in [0.05, 0.1) is 33.9 Å². The number of hydrogen-bond acceptors (Lipinski definition) is 6. The van der Waals surface area contributed by atoms with Crippen LogP contribution in [0.15, 0.2) is 47.4 Å². The van der Waals surface area contributed by atoms with Gasteiger partial charge in [-0.05, 0) is 50.2 Å². The van der Waals surface area contributed by atoms with Crippen LogP contribution < -0.4 is 5.32 Å². The number of esters is 1. The van der Waals surface area contributed by atoms with Crippen LogP contribution in [-0.2, 0) is 30.5 Å². The van der Waals surface area contributed by atoms with Crippen molar-refractivity contribution < 1.29 is 40.7 Å². The third-order valence-corrected chi connectivity index (χ3v) is 7.05. The Morgan fingerprint density at radius 2 is 1.80 bits per heavy atom. The molecule has 1 amide bonds. The van der Waals surface area contributed by atoms with Gasteiger partial charge in [0, 0.05) is 18.1 Å². The molecule has 1 N–H and O–H groups in total. The van der Waals surface area contributed by atoms with Crippen molar-refractivity contribution in [3.8, 4) is 0 Å². The SMILES string of the molecule is C[C@@H]1CN(S(=O)(=O)c2cccc(C(=O)OCC(=O)Nc3ccc(Cl)cc3C(F)(F)F)c2)C[C@H](C)O1. The number of carbonyl (C=O) groups is 2. The minimum absolute atomic E-state index is 0.143. The number of halogens is 4. The van der Waals surface area contributed by atoms with E-state index < -0.39 is 45.9 Å². The van der Waals surface area contributed by atoms with E-state index in [4.69, 9.17) is 21.1 Å². The maximum absolute atomic E-state index is 13.2. The lowest BCUT2D eigenvalue weighted by Gasteiger charge is -2.34. The van der Waals surface area contributed by atoms with Crippen molar-refractivity contribution in [2.45, 2.75) is 37.1 Å². The maximum Gasteiger partial charge on any atom is 0.418 e. The molecule has 2 aromatic rings. The number of morpholine rings is 1. The minimum atomic E-state index is -4.77. The van der Waals surface area contributed by atoms with Crippen LogP contribution in [0.4, 0.5) is 18.9 Å². The Kier molecular flexibility index (Phi) is 8.10. The number of hydrogen-bond donors (Lipinski definition) is 1. The normalized spacial score (nSPS) is 19.3. The summed E-state index contributed by atoms with van der Waals surface area (Å²) in [5.41, 5.74) is -1.85. The van der Waals surface area contributed by atoms with Gasteiger partial charge in [0.1, 0.15) is 0 Å². The Balaban J connectivity index is 1.68. The van der Waals surface area contributed by atoms with Gasteiger partial charge in [0.25, 0.3) is 5.91 Å². The molecule has 0 unspecified atom stereocenters. The molecule has 35 heavy (non-hydrogen) atoms. The Labute approximate surface area is 205 Å². The summed E-state index contributed by atoms with van der Waals surface area (Å²) >= 11 is 5.60. The average molecular weight is 535 g/mol. The van der Waals surface area contributed by atoms with Gasteiger partial charge in [-0.1, -0.05) is 17.7 Å². The molecule has 0 aromatic heterocycles. The molecule has 1 aliphatic heterocycles. The summed E-state index contributed by atoms with van der Waals surface area (Å²) in [7, 11) is -3.93. The van der Waals surface area contributed by atoms with Crippen LogP contribution in [0.5, 0.6) is 0 Å². The molecular formula is C22H22ClF3N2O6S. The number of amides is 1. The number of ether oxygens (including phenoxy) is 2. The second-order valence-electron chi connectivity index (χ2n) is 7.92. The molecular weight excluding hydrogens is 513 g/mol. The lowest BCUT2D eigenvalue weighted by atomic mass is 10.1. The van der Waals surface area contributed by atoms with Gasteiger partial charge in [0.2, 0.25) is 10.0 Å². The number of carbonyl (C=O) groups excluding carboxylic acids is 2. The van der Waals surface area contributed by atoms with E-state index >= 15 is 0 Å². The fourth-order valence-electron chi connectivity index (χ4n) is 3.52. The molecule has 2 aromatic carbocycles. The van der Waals surface area contributed by atoms with Crippen molar-refractivity contribution in [1.29, 1.82) is 0 Å². The number of nitrogens with one attached hydrogen (secondary N) is 1. The summed E-state index contributed by atoms with van der Waals surface area (Å²) in [4.78, 5) is 24.4. The van der Waals surface area contributed by atoms with Gasteiger partial charge < -0.3 is 14.8 Å². The van der Waals surface area contributed by atoms with E-state index in [1.807, 2.05) is 5.32 Å². The van der Waals surface area contributed by atoms with Gasteiger partial charge >= 0.3 is 12.1 Å². The van der Waals surface area contributed by atoms with Crippen molar-refractivity contribution in [3.63, 3.8) is 0 Å². The molecule has 1 aliphatic rings. The second kappa shape index (κ2) is 10.5. The Bertz CT molecular complexity index is 1210. The predicted octanol–water partition coefficient (Wildman–Crippen LogP) is 3.95. The molecule has 0 aliphatic carbocycles. The molecule has 3 rings (SSSR count). The van der Waals surface area contributed by atoms with Crippen LogP contribution in [0.2, 0.25) is 5.02 Å². The first-order chi connectivity index (χ1) is 16.3. The van der Waals surface area contributed by atoms with E-state index in [1.165, 1.54) is 28.6 Å². The number of nitrogens with zero attached hydrogens (tertiary/aromatic N) is 1. The lowest BCUT2D eigenvalue weighted by molar-refractivity contribution is -0.137. The first-order valence-electron chi connectivity index (χ1n) is 10.4. The van der Waals surface area contributed by atoms with E-state index in [-0.39, 0.29) is 40.8 Å². The van der Waals surface area contributed by atoms with Gasteiger partial charge in [-0.2, -0.15) is 17.5 Å². The summed E-state index contributed by atoms with van der Waals surface area (Å²) in [5, 5.41) is 1.86. The third-order valence-electron chi connectivity index (χ3n) is 4.99. The van der Waals surface area contributed by atoms with Crippen LogP contribution in [0.25, 0.3) is 0 Å². The Morgan fingerprint density at radius 3 is 2.43 bits per heavy atom. The second-order valence-corrected chi connectivity index (χ2v) is 10.3. The third kappa shape index (κ3) is 6.72. The highest BCUT2D eigenvalue weighted by Gasteiger charge is 2.35. The molecule has 0 spiro atoms. The van der Waals surface area contributed by atoms with Gasteiger partial charge in [-0.3, -0.25) is 4.79 Å². The number of rotatable bonds is 6. The van der Waals surface area contributed by atoms with Gasteiger partial charge in [0.15, 0.2) is 6.61 Å². The summed E-state index contributed by atoms with van der Waals surface area (Å²) in [6.07, 6.45) is -5.39. The van der Waals surface area contributed by atoms with E-state index in [9.17, 15) is 31.2 Å². The molecule has 1 fully saturated rings. The Hall–Kier alpha value is -2.67. The molecule has 0 saturated carbocycles. The van der Waals surface area contributed by atoms with E-state index in [1.54, 1.807) is 13.8 Å². The number of alkyl halides is 3. The zero-order valence-electron chi connectivity index (χ0n) is 18.6. The van der Waals surface area contributed by atoms with Crippen LogP contribution in [-0.4, -0.2) is 56.5 Å². The average Bonchev–Trinajstić information content (AvgIpc) is 2.77. The van der Waals surface area contributed by atoms with E-state index in [0.29, 0.717) is 6.07 Å². The predicted molar refractivity (Wildman–Crippen MR) is 121 cm³/mol. The number of sulfonamides is 1. The molecule has 2 atom stereocenters. The monoisotopic (exact) mass is 534 g/mol. The van der Waals surface area contributed by atoms with E-state index in [2.05, 4.69) is 0 Å². The smallest absolute Gasteiger partial charge is 0.418 e. The first-order valence-corrected chi connectivity index (χ1v) is 12.2. The minimum Gasteiger partial charge on any atom is -0.452 e. The number of anilines is 1. The lowest BCUT2D eigenvalue weighted by Crippen LogP contribution is -2.48. The summed E-state index contributed by atoms with van der Waals surface area (Å²) < 4.78 is 77.2. The first kappa shape index (κ1) is 26.9. The molecule has 1 heterocycles. The standard InChI is InChI=1S/C22H22ClF3N2O6S/c1-13-10-28(11-14(2)34-13)35(31,32)17-5-3-4-15(8-17)21(30)33-12-20(29)27-19-7-6-16(23)9-18(19)22(24,25)26/h3-9,13-14H,10-12H2,1-2H3,(H,27,29)/t13-,14+. The largest absolute Gasteiger partial charge is 0.452 e. The van der Waals surface area contributed by atoms with E-state index in [0.717, 1.165) is 12.1 Å². The van der Waals surface area contributed by atoms with Crippen molar-refractivity contribution >= 4 is 39.2 Å². The summed E-state index contributed by atoms with van der Waals surface area (Å²) in [6.45, 7) is 2.89. The molecule has 0 radical (unpaired) electrons. The number of benzene rings is 2. The van der Waals surface area contributed by atoms with Crippen molar-refractivity contribution in [2.24, 2.45) is 0 Å². The zero-order valence-corrected chi connectivity index (χ0v) is 20.2. The molecule has 0 bridgehead atoms. The van der Waals surface area contributed by atoms with Crippen molar-refractivity contribution in [3.05, 3.63) is 58.6 Å². The fraction of sp³-hybridized carbons (Fsp3) is 0.364. The highest BCUT2D eigenvalue weighted by atomic mass is 35.5. The van der Waals surface area contributed by atoms with Crippen molar-refractivity contribution in [1.82, 2.24) is 4.31 Å². The summed E-state index contributed by atoms with van der Waals surface area (Å²) in [5.74, 6) is -2.04. The zero-order chi connectivity index (χ0) is 26.0. The van der Waals surface area contributed by atoms with Crippen LogP contribution >= 0.6 is 11.6 Å². The summed E-state index contributed by atoms with van der Waals surface area (Å²) in [6, 6.07) is 7.88. The maximum atomic E-state index is 13.2. The van der Waals surface area contributed by atoms with Crippen molar-refractivity contribution in [2.75, 3.05) is 25.0 Å². The molecule has 190 valence electrons. The fourth-order valence-corrected chi connectivity index (χ4v) is 5.33. The highest BCUT2D eigenvalue weighted by Crippen LogP contribution is 2.36. The van der Waals surface area contributed by atoms with Crippen LogP contribution in [0.3, 0.4) is 0 Å².